The molecule has 8 aromatic carbocycles. The molecule has 0 amide bonds. The van der Waals surface area contributed by atoms with E-state index in [-0.39, 0.29) is 0 Å². The summed E-state index contributed by atoms with van der Waals surface area (Å²) >= 11 is 0. The van der Waals surface area contributed by atoms with Gasteiger partial charge in [-0.25, -0.2) is 19.9 Å². The maximum Gasteiger partial charge on any atom is 0.220 e. The second-order valence-corrected chi connectivity index (χ2v) is 13.9. The van der Waals surface area contributed by atoms with Crippen LogP contribution in [-0.4, -0.2) is 24.5 Å². The highest BCUT2D eigenvalue weighted by atomic mass is 15.3. The van der Waals surface area contributed by atoms with Crippen molar-refractivity contribution in [2.45, 2.75) is 0 Å². The zero-order valence-electron chi connectivity index (χ0n) is 30.2. The number of benzene rings is 8. The number of rotatable bonds is 5. The minimum Gasteiger partial charge on any atom is -0.280 e. The lowest BCUT2D eigenvalue weighted by molar-refractivity contribution is 1.06. The minimum absolute atomic E-state index is 0.621. The number of para-hydroxylation sites is 3. The van der Waals surface area contributed by atoms with Crippen LogP contribution in [0.2, 0.25) is 0 Å². The average Bonchev–Trinajstić information content (AvgIpc) is 3.59. The molecule has 0 saturated carbocycles. The lowest BCUT2D eigenvalue weighted by Crippen LogP contribution is -2.14. The number of hydrogen-bond donors (Lipinski definition) is 0. The highest BCUT2D eigenvalue weighted by molar-refractivity contribution is 6.05. The van der Waals surface area contributed by atoms with E-state index in [1.54, 1.807) is 0 Å². The SMILES string of the molecule is c1ccc(-c2nc(-c3ccccc3)nc(-c3cccc(-c4cccc(N5c6ccccc6-c6ccc7ccccc7c6-n6c5nc5ccccc56)c4)c3)n2)cc1. The molecule has 1 aliphatic heterocycles. The van der Waals surface area contributed by atoms with E-state index < -0.39 is 0 Å². The molecule has 0 N–H and O–H groups in total. The van der Waals surface area contributed by atoms with Gasteiger partial charge in [0.05, 0.1) is 22.4 Å². The summed E-state index contributed by atoms with van der Waals surface area (Å²) in [6.07, 6.45) is 0. The van der Waals surface area contributed by atoms with Crippen molar-refractivity contribution in [2.24, 2.45) is 0 Å². The molecule has 11 rings (SSSR count). The van der Waals surface area contributed by atoms with Crippen molar-refractivity contribution in [3.8, 4) is 62.1 Å². The Balaban J connectivity index is 1.08. The molecule has 0 radical (unpaired) electrons. The van der Waals surface area contributed by atoms with Gasteiger partial charge in [-0.15, -0.1) is 0 Å². The van der Waals surface area contributed by atoms with Crippen molar-refractivity contribution in [3.05, 3.63) is 194 Å². The number of hydrogen-bond acceptors (Lipinski definition) is 5. The first kappa shape index (κ1) is 31.8. The number of nitrogens with zero attached hydrogens (tertiary/aromatic N) is 6. The van der Waals surface area contributed by atoms with Crippen LogP contribution in [0.25, 0.3) is 83.9 Å². The summed E-state index contributed by atoms with van der Waals surface area (Å²) < 4.78 is 2.34. The van der Waals surface area contributed by atoms with Crippen LogP contribution >= 0.6 is 0 Å². The van der Waals surface area contributed by atoms with Gasteiger partial charge in [-0.1, -0.05) is 158 Å². The van der Waals surface area contributed by atoms with Crippen molar-refractivity contribution < 1.29 is 0 Å². The maximum absolute atomic E-state index is 5.36. The van der Waals surface area contributed by atoms with Crippen LogP contribution in [0.5, 0.6) is 0 Å². The first-order valence-electron chi connectivity index (χ1n) is 18.7. The van der Waals surface area contributed by atoms with Crippen molar-refractivity contribution in [1.82, 2.24) is 24.5 Å². The number of fused-ring (bicyclic) bond motifs is 9. The third-order valence-electron chi connectivity index (χ3n) is 10.6. The van der Waals surface area contributed by atoms with Crippen molar-refractivity contribution >= 4 is 39.1 Å². The van der Waals surface area contributed by atoms with Gasteiger partial charge in [0.25, 0.3) is 0 Å². The summed E-state index contributed by atoms with van der Waals surface area (Å²) in [7, 11) is 0. The summed E-state index contributed by atoms with van der Waals surface area (Å²) in [6.45, 7) is 0. The Labute approximate surface area is 323 Å². The second-order valence-electron chi connectivity index (χ2n) is 13.9. The van der Waals surface area contributed by atoms with Crippen LogP contribution in [0.3, 0.4) is 0 Å². The van der Waals surface area contributed by atoms with E-state index in [4.69, 9.17) is 19.9 Å². The van der Waals surface area contributed by atoms with Crippen molar-refractivity contribution in [3.63, 3.8) is 0 Å². The predicted octanol–water partition coefficient (Wildman–Crippen LogP) is 12.5. The Morgan fingerprint density at radius 2 is 0.964 bits per heavy atom. The average molecular weight is 717 g/mol. The Kier molecular flexibility index (Phi) is 7.38. The quantitative estimate of drug-likeness (QED) is 0.177. The number of anilines is 3. The molecule has 0 fully saturated rings. The first-order valence-corrected chi connectivity index (χ1v) is 18.7. The smallest absolute Gasteiger partial charge is 0.220 e. The summed E-state index contributed by atoms with van der Waals surface area (Å²) in [6, 6.07) is 67.5. The van der Waals surface area contributed by atoms with E-state index in [9.17, 15) is 0 Å². The number of aromatic nitrogens is 5. The monoisotopic (exact) mass is 716 g/mol. The van der Waals surface area contributed by atoms with Crippen LogP contribution < -0.4 is 4.90 Å². The molecule has 0 atom stereocenters. The van der Waals surface area contributed by atoms with E-state index in [1.807, 2.05) is 60.7 Å². The van der Waals surface area contributed by atoms with Crippen LogP contribution in [0.15, 0.2) is 194 Å². The van der Waals surface area contributed by atoms with Crippen molar-refractivity contribution in [1.29, 1.82) is 0 Å². The first-order chi connectivity index (χ1) is 27.8. The Morgan fingerprint density at radius 1 is 0.375 bits per heavy atom. The summed E-state index contributed by atoms with van der Waals surface area (Å²) in [5.41, 5.74) is 12.4. The van der Waals surface area contributed by atoms with Crippen LogP contribution in [0.1, 0.15) is 0 Å². The highest BCUT2D eigenvalue weighted by Gasteiger charge is 2.30. The number of imidazole rings is 1. The van der Waals surface area contributed by atoms with E-state index >= 15 is 0 Å². The van der Waals surface area contributed by atoms with Gasteiger partial charge in [-0.05, 0) is 52.9 Å². The Hall–Kier alpha value is -7.70. The molecule has 1 aliphatic rings. The van der Waals surface area contributed by atoms with Gasteiger partial charge in [-0.3, -0.25) is 9.47 Å². The molecule has 0 aliphatic carbocycles. The molecule has 56 heavy (non-hydrogen) atoms. The third kappa shape index (κ3) is 5.27. The van der Waals surface area contributed by atoms with Gasteiger partial charge in [-0.2, -0.15) is 0 Å². The van der Waals surface area contributed by atoms with Gasteiger partial charge in [0.2, 0.25) is 5.95 Å². The molecule has 3 heterocycles. The lowest BCUT2D eigenvalue weighted by Gasteiger charge is -2.25. The molecule has 2 aromatic heterocycles. The van der Waals surface area contributed by atoms with Gasteiger partial charge in [0.15, 0.2) is 17.5 Å². The zero-order valence-corrected chi connectivity index (χ0v) is 30.2. The second kappa shape index (κ2) is 13.0. The largest absolute Gasteiger partial charge is 0.280 e. The molecular weight excluding hydrogens is 685 g/mol. The summed E-state index contributed by atoms with van der Waals surface area (Å²) in [4.78, 5) is 22.6. The van der Waals surface area contributed by atoms with E-state index in [2.05, 4.69) is 143 Å². The summed E-state index contributed by atoms with van der Waals surface area (Å²) in [5, 5.41) is 2.37. The fraction of sp³-hybridized carbons (Fsp3) is 0. The van der Waals surface area contributed by atoms with Gasteiger partial charge >= 0.3 is 0 Å². The molecule has 0 spiro atoms. The highest BCUT2D eigenvalue weighted by Crippen LogP contribution is 2.49. The molecule has 262 valence electrons. The van der Waals surface area contributed by atoms with Crippen LogP contribution in [0, 0.1) is 0 Å². The van der Waals surface area contributed by atoms with Gasteiger partial charge in [0, 0.05) is 38.9 Å². The third-order valence-corrected chi connectivity index (χ3v) is 10.6. The predicted molar refractivity (Wildman–Crippen MR) is 227 cm³/mol. The van der Waals surface area contributed by atoms with E-state index in [0.29, 0.717) is 17.5 Å². The maximum atomic E-state index is 5.36. The Morgan fingerprint density at radius 3 is 1.75 bits per heavy atom. The normalized spacial score (nSPS) is 11.9. The summed E-state index contributed by atoms with van der Waals surface area (Å²) in [5.74, 6) is 2.74. The molecule has 0 bridgehead atoms. The Bertz CT molecular complexity index is 3040. The van der Waals surface area contributed by atoms with Gasteiger partial charge < -0.3 is 0 Å². The zero-order chi connectivity index (χ0) is 37.0. The van der Waals surface area contributed by atoms with E-state index in [0.717, 1.165) is 73.0 Å². The standard InChI is InChI=1S/C50H32N6/c1-3-16-34(17-4-1)47-52-48(35-18-5-2-6-19-35)54-49(53-47)38-22-13-20-36(31-38)37-21-14-23-39(32-37)55-44-27-11-9-25-41(44)42-30-29-33-15-7-8-24-40(33)46(42)56-45-28-12-10-26-43(45)51-50(55)56/h1-32H. The fourth-order valence-electron chi connectivity index (χ4n) is 7.96. The van der Waals surface area contributed by atoms with Crippen LogP contribution in [-0.2, 0) is 0 Å². The van der Waals surface area contributed by atoms with E-state index in [1.165, 1.54) is 10.8 Å². The minimum atomic E-state index is 0.621. The molecule has 0 saturated heterocycles. The molecule has 10 aromatic rings. The molecule has 0 unspecified atom stereocenters. The lowest BCUT2D eigenvalue weighted by atomic mass is 9.96. The topological polar surface area (TPSA) is 59.7 Å². The fourth-order valence-corrected chi connectivity index (χ4v) is 7.96. The molecule has 6 nitrogen and oxygen atoms in total. The van der Waals surface area contributed by atoms with Crippen LogP contribution in [0.4, 0.5) is 17.3 Å². The van der Waals surface area contributed by atoms with Gasteiger partial charge in [0.1, 0.15) is 0 Å². The van der Waals surface area contributed by atoms with Crippen molar-refractivity contribution in [2.75, 3.05) is 4.90 Å². The molecule has 6 heteroatoms. The molecular formula is C50H32N6.